The van der Waals surface area contributed by atoms with Crippen LogP contribution in [0.2, 0.25) is 0 Å². The molecule has 0 bridgehead atoms. The molecular weight excluding hydrogens is 316 g/mol. The number of hydrogen-bond acceptors (Lipinski definition) is 4. The number of likely N-dealkylation sites (tertiary alicyclic amines) is 1. The molecule has 0 unspecified atom stereocenters. The van der Waals surface area contributed by atoms with E-state index < -0.39 is 0 Å². The minimum absolute atomic E-state index is 0.00808. The van der Waals surface area contributed by atoms with Gasteiger partial charge < -0.3 is 9.30 Å². The first kappa shape index (κ1) is 14.6. The van der Waals surface area contributed by atoms with Crippen LogP contribution in [0.15, 0.2) is 36.8 Å². The van der Waals surface area contributed by atoms with Crippen LogP contribution in [0.3, 0.4) is 0 Å². The van der Waals surface area contributed by atoms with Gasteiger partial charge in [0.05, 0.1) is 18.3 Å². The van der Waals surface area contributed by atoms with Gasteiger partial charge in [-0.2, -0.15) is 0 Å². The van der Waals surface area contributed by atoms with Gasteiger partial charge in [0.15, 0.2) is 0 Å². The number of carbonyl (C=O) groups excluding carboxylic acids is 1. The summed E-state index contributed by atoms with van der Waals surface area (Å²) in [6.45, 7) is 1.49. The summed E-state index contributed by atoms with van der Waals surface area (Å²) in [7, 11) is 0. The fraction of sp³-hybridized carbons (Fsp3) is 0.444. The fourth-order valence-electron chi connectivity index (χ4n) is 3.66. The molecule has 1 aliphatic heterocycles. The lowest BCUT2D eigenvalue weighted by molar-refractivity contribution is 0.0716. The molecule has 2 fully saturated rings. The topological polar surface area (TPSA) is 68.3 Å². The summed E-state index contributed by atoms with van der Waals surface area (Å²) in [6.07, 6.45) is 10.2. The molecule has 7 nitrogen and oxygen atoms in total. The molecule has 1 saturated heterocycles. The van der Waals surface area contributed by atoms with Gasteiger partial charge in [-0.15, -0.1) is 5.10 Å². The first-order valence-electron chi connectivity index (χ1n) is 8.93. The first-order chi connectivity index (χ1) is 12.3. The SMILES string of the molecule is O=C(c1cn2ccccc2n1)N1CCC[C@H]1Cn1cc(C2CC2)nn1. The highest BCUT2D eigenvalue weighted by Gasteiger charge is 2.32. The zero-order chi connectivity index (χ0) is 16.8. The largest absolute Gasteiger partial charge is 0.332 e. The number of hydrogen-bond donors (Lipinski definition) is 0. The number of carbonyl (C=O) groups is 1. The number of imidazole rings is 1. The molecule has 25 heavy (non-hydrogen) atoms. The van der Waals surface area contributed by atoms with E-state index in [9.17, 15) is 4.79 Å². The molecule has 7 heteroatoms. The molecule has 5 rings (SSSR count). The van der Waals surface area contributed by atoms with E-state index in [0.717, 1.165) is 30.7 Å². The third kappa shape index (κ3) is 2.69. The zero-order valence-corrected chi connectivity index (χ0v) is 14.0. The van der Waals surface area contributed by atoms with E-state index in [0.29, 0.717) is 18.2 Å². The predicted molar refractivity (Wildman–Crippen MR) is 91.2 cm³/mol. The van der Waals surface area contributed by atoms with Crippen LogP contribution in [0.4, 0.5) is 0 Å². The summed E-state index contributed by atoms with van der Waals surface area (Å²) in [5.41, 5.74) is 2.40. The number of rotatable bonds is 4. The zero-order valence-electron chi connectivity index (χ0n) is 14.0. The molecule has 4 heterocycles. The first-order valence-corrected chi connectivity index (χ1v) is 8.93. The molecule has 1 amide bonds. The van der Waals surface area contributed by atoms with Gasteiger partial charge in [-0.1, -0.05) is 11.3 Å². The predicted octanol–water partition coefficient (Wildman–Crippen LogP) is 2.11. The minimum atomic E-state index is 0.00808. The van der Waals surface area contributed by atoms with Crippen LogP contribution in [0.5, 0.6) is 0 Å². The van der Waals surface area contributed by atoms with Crippen LogP contribution in [0, 0.1) is 0 Å². The Labute approximate surface area is 145 Å². The molecular formula is C18H20N6O. The number of fused-ring (bicyclic) bond motifs is 1. The lowest BCUT2D eigenvalue weighted by atomic mass is 10.2. The van der Waals surface area contributed by atoms with Gasteiger partial charge in [-0.25, -0.2) is 4.98 Å². The van der Waals surface area contributed by atoms with Crippen molar-refractivity contribution in [3.63, 3.8) is 0 Å². The average molecular weight is 336 g/mol. The third-order valence-electron chi connectivity index (χ3n) is 5.17. The standard InChI is InChI=1S/C18H20N6O/c25-18(16-11-22-8-2-1-5-17(22)19-16)24-9-3-4-14(24)10-23-12-15(20-21-23)13-6-7-13/h1-2,5,8,11-14H,3-4,6-7,9-10H2/t14-/m0/s1. The fourth-order valence-corrected chi connectivity index (χ4v) is 3.66. The van der Waals surface area contributed by atoms with Gasteiger partial charge in [0, 0.05) is 31.1 Å². The number of amides is 1. The summed E-state index contributed by atoms with van der Waals surface area (Å²) >= 11 is 0. The summed E-state index contributed by atoms with van der Waals surface area (Å²) in [4.78, 5) is 19.4. The Kier molecular flexibility index (Phi) is 3.33. The van der Waals surface area contributed by atoms with Gasteiger partial charge >= 0.3 is 0 Å². The summed E-state index contributed by atoms with van der Waals surface area (Å²) in [6, 6.07) is 5.93. The lowest BCUT2D eigenvalue weighted by Crippen LogP contribution is -2.38. The van der Waals surface area contributed by atoms with E-state index in [-0.39, 0.29) is 11.9 Å². The molecule has 3 aromatic rings. The molecule has 1 aliphatic carbocycles. The highest BCUT2D eigenvalue weighted by atomic mass is 16.2. The van der Waals surface area contributed by atoms with E-state index in [1.54, 1.807) is 0 Å². The third-order valence-corrected chi connectivity index (χ3v) is 5.17. The Morgan fingerprint density at radius 3 is 2.96 bits per heavy atom. The molecule has 1 atom stereocenters. The number of pyridine rings is 1. The molecule has 0 N–H and O–H groups in total. The van der Waals surface area contributed by atoms with E-state index in [4.69, 9.17) is 0 Å². The number of nitrogens with zero attached hydrogens (tertiary/aromatic N) is 6. The molecule has 3 aromatic heterocycles. The van der Waals surface area contributed by atoms with Crippen molar-refractivity contribution in [3.8, 4) is 0 Å². The summed E-state index contributed by atoms with van der Waals surface area (Å²) in [5, 5.41) is 8.52. The molecule has 1 saturated carbocycles. The second-order valence-electron chi connectivity index (χ2n) is 7.03. The Morgan fingerprint density at radius 1 is 1.20 bits per heavy atom. The maximum atomic E-state index is 12.9. The lowest BCUT2D eigenvalue weighted by Gasteiger charge is -2.23. The van der Waals surface area contributed by atoms with Gasteiger partial charge in [0.2, 0.25) is 0 Å². The van der Waals surface area contributed by atoms with Crippen LogP contribution >= 0.6 is 0 Å². The van der Waals surface area contributed by atoms with Gasteiger partial charge in [-0.05, 0) is 37.8 Å². The second-order valence-corrected chi connectivity index (χ2v) is 7.03. The van der Waals surface area contributed by atoms with Gasteiger partial charge in [0.25, 0.3) is 5.91 Å². The van der Waals surface area contributed by atoms with Crippen LogP contribution in [0.25, 0.3) is 5.65 Å². The number of aromatic nitrogens is 5. The van der Waals surface area contributed by atoms with Crippen molar-refractivity contribution in [1.82, 2.24) is 29.3 Å². The van der Waals surface area contributed by atoms with E-state index in [2.05, 4.69) is 15.3 Å². The van der Waals surface area contributed by atoms with E-state index in [1.165, 1.54) is 12.8 Å². The Bertz CT molecular complexity index is 891. The monoisotopic (exact) mass is 336 g/mol. The molecule has 128 valence electrons. The average Bonchev–Trinajstić information content (AvgIpc) is 3.05. The Morgan fingerprint density at radius 2 is 2.12 bits per heavy atom. The quantitative estimate of drug-likeness (QED) is 0.732. The smallest absolute Gasteiger partial charge is 0.274 e. The molecule has 0 spiro atoms. The normalized spacial score (nSPS) is 20.5. The van der Waals surface area contributed by atoms with Crippen molar-refractivity contribution in [1.29, 1.82) is 0 Å². The molecule has 0 radical (unpaired) electrons. The summed E-state index contributed by atoms with van der Waals surface area (Å²) < 4.78 is 3.78. The van der Waals surface area contributed by atoms with Gasteiger partial charge in [-0.3, -0.25) is 9.48 Å². The maximum absolute atomic E-state index is 12.9. The van der Waals surface area contributed by atoms with E-state index in [1.807, 2.05) is 50.8 Å². The van der Waals surface area contributed by atoms with Crippen LogP contribution in [-0.4, -0.2) is 47.8 Å². The Balaban J connectivity index is 1.35. The van der Waals surface area contributed by atoms with Crippen molar-refractivity contribution < 1.29 is 4.79 Å². The van der Waals surface area contributed by atoms with Crippen molar-refractivity contribution in [2.24, 2.45) is 0 Å². The van der Waals surface area contributed by atoms with Crippen molar-refractivity contribution in [3.05, 3.63) is 48.2 Å². The van der Waals surface area contributed by atoms with Crippen LogP contribution < -0.4 is 0 Å². The minimum Gasteiger partial charge on any atom is -0.332 e. The Hall–Kier alpha value is -2.70. The maximum Gasteiger partial charge on any atom is 0.274 e. The summed E-state index contributed by atoms with van der Waals surface area (Å²) in [5.74, 6) is 0.613. The van der Waals surface area contributed by atoms with Crippen LogP contribution in [0.1, 0.15) is 47.8 Å². The van der Waals surface area contributed by atoms with Crippen LogP contribution in [-0.2, 0) is 6.54 Å². The van der Waals surface area contributed by atoms with Gasteiger partial charge in [0.1, 0.15) is 11.3 Å². The second kappa shape index (κ2) is 5.68. The molecule has 2 aliphatic rings. The van der Waals surface area contributed by atoms with Crippen molar-refractivity contribution in [2.45, 2.75) is 44.2 Å². The van der Waals surface area contributed by atoms with Crippen molar-refractivity contribution in [2.75, 3.05) is 6.54 Å². The molecule has 0 aromatic carbocycles. The van der Waals surface area contributed by atoms with E-state index >= 15 is 0 Å². The van der Waals surface area contributed by atoms with Crippen molar-refractivity contribution >= 4 is 11.6 Å². The highest BCUT2D eigenvalue weighted by molar-refractivity contribution is 5.93. The highest BCUT2D eigenvalue weighted by Crippen LogP contribution is 2.38.